The van der Waals surface area contributed by atoms with Crippen LogP contribution in [0, 0.1) is 0 Å². The first-order chi connectivity index (χ1) is 11.1. The van der Waals surface area contributed by atoms with Gasteiger partial charge in [0.15, 0.2) is 0 Å². The molecule has 0 aliphatic heterocycles. The quantitative estimate of drug-likeness (QED) is 0.582. The van der Waals surface area contributed by atoms with Gasteiger partial charge >= 0.3 is 0 Å². The lowest BCUT2D eigenvalue weighted by Crippen LogP contribution is -2.23. The summed E-state index contributed by atoms with van der Waals surface area (Å²) in [6.45, 7) is 0.00804. The topological polar surface area (TPSA) is 72.2 Å². The van der Waals surface area contributed by atoms with Gasteiger partial charge in [0, 0.05) is 5.56 Å². The highest BCUT2D eigenvalue weighted by Crippen LogP contribution is 2.21. The van der Waals surface area contributed by atoms with E-state index in [2.05, 4.69) is 20.8 Å². The molecule has 1 aromatic heterocycles. The maximum Gasteiger partial charge on any atom is 0.261 e. The van der Waals surface area contributed by atoms with E-state index in [1.807, 2.05) is 24.3 Å². The van der Waals surface area contributed by atoms with E-state index >= 15 is 0 Å². The van der Waals surface area contributed by atoms with Crippen LogP contribution in [0.1, 0.15) is 5.56 Å². The predicted molar refractivity (Wildman–Crippen MR) is 89.7 cm³/mol. The van der Waals surface area contributed by atoms with Crippen LogP contribution in [0.2, 0.25) is 10.0 Å². The van der Waals surface area contributed by atoms with Crippen molar-refractivity contribution in [3.05, 3.63) is 58.1 Å². The van der Waals surface area contributed by atoms with Crippen LogP contribution >= 0.6 is 23.2 Å². The summed E-state index contributed by atoms with van der Waals surface area (Å²) >= 11 is 12.0. The molecule has 0 saturated carbocycles. The second-order valence-corrected chi connectivity index (χ2v) is 5.48. The number of halogens is 2. The van der Waals surface area contributed by atoms with E-state index in [1.54, 1.807) is 18.2 Å². The fourth-order valence-electron chi connectivity index (χ4n) is 2.01. The van der Waals surface area contributed by atoms with Crippen molar-refractivity contribution < 1.29 is 4.79 Å². The van der Waals surface area contributed by atoms with Crippen LogP contribution in [0.25, 0.3) is 11.0 Å². The number of carbonyl (C=O) groups excluding carboxylic acids is 1. The normalized spacial score (nSPS) is 11.2. The molecular formula is C15H11Cl2N5O. The van der Waals surface area contributed by atoms with Crippen LogP contribution in [0.4, 0.5) is 0 Å². The lowest BCUT2D eigenvalue weighted by atomic mass is 10.2. The van der Waals surface area contributed by atoms with E-state index < -0.39 is 0 Å². The van der Waals surface area contributed by atoms with Gasteiger partial charge < -0.3 is 0 Å². The first-order valence-corrected chi connectivity index (χ1v) is 7.45. The highest BCUT2D eigenvalue weighted by atomic mass is 35.5. The van der Waals surface area contributed by atoms with Crippen molar-refractivity contribution in [3.63, 3.8) is 0 Å². The number of benzene rings is 2. The van der Waals surface area contributed by atoms with E-state index in [-0.39, 0.29) is 12.5 Å². The molecule has 1 amide bonds. The molecule has 3 rings (SSSR count). The van der Waals surface area contributed by atoms with Crippen LogP contribution in [0.5, 0.6) is 0 Å². The minimum absolute atomic E-state index is 0.00804. The molecule has 0 unspecified atom stereocenters. The molecule has 0 radical (unpaired) electrons. The number of fused-ring (bicyclic) bond motifs is 1. The number of amides is 1. The van der Waals surface area contributed by atoms with Gasteiger partial charge in [0.25, 0.3) is 5.91 Å². The molecule has 0 atom stereocenters. The first kappa shape index (κ1) is 15.5. The summed E-state index contributed by atoms with van der Waals surface area (Å²) in [5.74, 6) is -0.333. The van der Waals surface area contributed by atoms with Crippen molar-refractivity contribution in [2.75, 3.05) is 0 Å². The zero-order valence-electron chi connectivity index (χ0n) is 11.8. The van der Waals surface area contributed by atoms with Crippen LogP contribution in [-0.4, -0.2) is 27.1 Å². The van der Waals surface area contributed by atoms with Crippen LogP contribution in [0.15, 0.2) is 47.6 Å². The van der Waals surface area contributed by atoms with Gasteiger partial charge in [-0.15, -0.1) is 5.10 Å². The Bertz CT molecular complexity index is 870. The van der Waals surface area contributed by atoms with Gasteiger partial charge in [-0.3, -0.25) is 4.79 Å². The lowest BCUT2D eigenvalue weighted by molar-refractivity contribution is -0.121. The number of carbonyl (C=O) groups is 1. The molecule has 0 fully saturated rings. The van der Waals surface area contributed by atoms with Crippen molar-refractivity contribution in [1.29, 1.82) is 0 Å². The molecule has 23 heavy (non-hydrogen) atoms. The summed E-state index contributed by atoms with van der Waals surface area (Å²) in [5.41, 5.74) is 4.46. The Hall–Kier alpha value is -2.44. The van der Waals surface area contributed by atoms with Crippen molar-refractivity contribution in [3.8, 4) is 0 Å². The number of hydrogen-bond donors (Lipinski definition) is 1. The van der Waals surface area contributed by atoms with Crippen molar-refractivity contribution >= 4 is 46.4 Å². The monoisotopic (exact) mass is 347 g/mol. The Labute approximate surface area is 141 Å². The molecule has 116 valence electrons. The molecule has 0 aliphatic carbocycles. The highest BCUT2D eigenvalue weighted by molar-refractivity contribution is 6.38. The summed E-state index contributed by atoms with van der Waals surface area (Å²) < 4.78 is 1.50. The Morgan fingerprint density at radius 3 is 2.70 bits per heavy atom. The fourth-order valence-corrected chi connectivity index (χ4v) is 2.50. The van der Waals surface area contributed by atoms with E-state index in [1.165, 1.54) is 10.9 Å². The molecule has 0 spiro atoms. The Kier molecular flexibility index (Phi) is 4.55. The summed E-state index contributed by atoms with van der Waals surface area (Å²) in [5, 5.41) is 12.7. The third kappa shape index (κ3) is 3.49. The summed E-state index contributed by atoms with van der Waals surface area (Å²) in [6.07, 6.45) is 1.40. The number of nitrogens with zero attached hydrogens (tertiary/aromatic N) is 4. The number of hydrazone groups is 1. The molecule has 0 saturated heterocycles. The third-order valence-corrected chi connectivity index (χ3v) is 3.76. The molecule has 0 bridgehead atoms. The maximum atomic E-state index is 11.9. The zero-order chi connectivity index (χ0) is 16.2. The molecule has 1 heterocycles. The summed E-state index contributed by atoms with van der Waals surface area (Å²) in [4.78, 5) is 11.9. The van der Waals surface area contributed by atoms with Crippen LogP contribution < -0.4 is 5.43 Å². The number of hydrogen-bond acceptors (Lipinski definition) is 4. The lowest BCUT2D eigenvalue weighted by Gasteiger charge is -2.02. The minimum Gasteiger partial charge on any atom is -0.271 e. The maximum absolute atomic E-state index is 11.9. The second kappa shape index (κ2) is 6.76. The van der Waals surface area contributed by atoms with Crippen LogP contribution in [0.3, 0.4) is 0 Å². The smallest absolute Gasteiger partial charge is 0.261 e. The standard InChI is InChI=1S/C15H11Cl2N5O/c16-11-4-3-5-12(17)10(11)8-18-20-15(23)9-22-14-7-2-1-6-13(14)19-21-22/h1-8H,9H2,(H,20,23)/b18-8+. The predicted octanol–water partition coefficient (Wildman–Crippen LogP) is 2.89. The Morgan fingerprint density at radius 1 is 1.17 bits per heavy atom. The van der Waals surface area contributed by atoms with E-state index in [0.29, 0.717) is 15.6 Å². The summed E-state index contributed by atoms with van der Waals surface area (Å²) in [7, 11) is 0. The zero-order valence-corrected chi connectivity index (χ0v) is 13.3. The second-order valence-electron chi connectivity index (χ2n) is 4.66. The number of aromatic nitrogens is 3. The molecule has 8 heteroatoms. The van der Waals surface area contributed by atoms with Crippen LogP contribution in [-0.2, 0) is 11.3 Å². The third-order valence-electron chi connectivity index (χ3n) is 3.10. The van der Waals surface area contributed by atoms with Gasteiger partial charge in [-0.05, 0) is 24.3 Å². The van der Waals surface area contributed by atoms with Gasteiger partial charge in [0.1, 0.15) is 12.1 Å². The van der Waals surface area contributed by atoms with Gasteiger partial charge in [-0.25, -0.2) is 10.1 Å². The fraction of sp³-hybridized carbons (Fsp3) is 0.0667. The minimum atomic E-state index is -0.333. The largest absolute Gasteiger partial charge is 0.271 e. The Morgan fingerprint density at radius 2 is 1.91 bits per heavy atom. The Balaban J connectivity index is 1.67. The first-order valence-electron chi connectivity index (χ1n) is 6.69. The number of rotatable bonds is 4. The van der Waals surface area contributed by atoms with E-state index in [0.717, 1.165) is 11.0 Å². The molecule has 3 aromatic rings. The molecule has 0 aliphatic rings. The van der Waals surface area contributed by atoms with Gasteiger partial charge in [-0.1, -0.05) is 46.6 Å². The van der Waals surface area contributed by atoms with Crippen molar-refractivity contribution in [2.24, 2.45) is 5.10 Å². The SMILES string of the molecule is O=C(Cn1nnc2ccccc21)N/N=C/c1c(Cl)cccc1Cl. The van der Waals surface area contributed by atoms with E-state index in [4.69, 9.17) is 23.2 Å². The molecular weight excluding hydrogens is 337 g/mol. The average Bonchev–Trinajstić information content (AvgIpc) is 2.93. The van der Waals surface area contributed by atoms with Gasteiger partial charge in [-0.2, -0.15) is 5.10 Å². The van der Waals surface area contributed by atoms with Gasteiger partial charge in [0.2, 0.25) is 0 Å². The molecule has 6 nitrogen and oxygen atoms in total. The average molecular weight is 348 g/mol. The number of nitrogens with one attached hydrogen (secondary N) is 1. The van der Waals surface area contributed by atoms with E-state index in [9.17, 15) is 4.79 Å². The molecule has 1 N–H and O–H groups in total. The van der Waals surface area contributed by atoms with Gasteiger partial charge in [0.05, 0.1) is 21.8 Å². The van der Waals surface area contributed by atoms with Crippen molar-refractivity contribution in [1.82, 2.24) is 20.4 Å². The van der Waals surface area contributed by atoms with Crippen molar-refractivity contribution in [2.45, 2.75) is 6.54 Å². The number of para-hydroxylation sites is 1. The molecule has 2 aromatic carbocycles. The summed E-state index contributed by atoms with van der Waals surface area (Å²) in [6, 6.07) is 12.5. The highest BCUT2D eigenvalue weighted by Gasteiger charge is 2.08.